The van der Waals surface area contributed by atoms with Crippen molar-refractivity contribution in [1.29, 1.82) is 0 Å². The van der Waals surface area contributed by atoms with Gasteiger partial charge in [0.1, 0.15) is 5.60 Å². The maximum Gasteiger partial charge on any atom is 0.410 e. The van der Waals surface area contributed by atoms with Gasteiger partial charge in [-0.15, -0.1) is 0 Å². The van der Waals surface area contributed by atoms with E-state index < -0.39 is 5.60 Å². The highest BCUT2D eigenvalue weighted by molar-refractivity contribution is 5.82. The third-order valence-corrected chi connectivity index (χ3v) is 5.61. The summed E-state index contributed by atoms with van der Waals surface area (Å²) in [6, 6.07) is 0.707. The Balaban J connectivity index is 1.50. The lowest BCUT2D eigenvalue weighted by atomic mass is 10.0. The van der Waals surface area contributed by atoms with Gasteiger partial charge in [0.2, 0.25) is 0 Å². The van der Waals surface area contributed by atoms with E-state index in [-0.39, 0.29) is 12.1 Å². The monoisotopic (exact) mass is 395 g/mol. The number of morpholine rings is 1. The summed E-state index contributed by atoms with van der Waals surface area (Å²) in [6.45, 7) is 17.6. The summed E-state index contributed by atoms with van der Waals surface area (Å²) < 4.78 is 11.0. The van der Waals surface area contributed by atoms with Crippen molar-refractivity contribution in [2.24, 2.45) is 10.9 Å². The minimum atomic E-state index is -0.460. The normalized spacial score (nSPS) is 24.8. The second kappa shape index (κ2) is 8.86. The van der Waals surface area contributed by atoms with Crippen molar-refractivity contribution in [2.45, 2.75) is 52.3 Å². The topological polar surface area (TPSA) is 69.6 Å². The Morgan fingerprint density at radius 1 is 1.25 bits per heavy atom. The van der Waals surface area contributed by atoms with Gasteiger partial charge in [0.25, 0.3) is 0 Å². The molecule has 2 fully saturated rings. The molecular weight excluding hydrogens is 358 g/mol. The predicted molar refractivity (Wildman–Crippen MR) is 110 cm³/mol. The molecule has 8 heteroatoms. The number of hydrogen-bond acceptors (Lipinski definition) is 7. The van der Waals surface area contributed by atoms with Crippen molar-refractivity contribution in [3.05, 3.63) is 0 Å². The predicted octanol–water partition coefficient (Wildman–Crippen LogP) is 1.22. The lowest BCUT2D eigenvalue weighted by molar-refractivity contribution is 0.00687. The molecule has 8 nitrogen and oxygen atoms in total. The Bertz CT molecular complexity index is 569. The van der Waals surface area contributed by atoms with Crippen molar-refractivity contribution < 1.29 is 14.3 Å². The van der Waals surface area contributed by atoms with E-state index in [2.05, 4.69) is 29.0 Å². The average Bonchev–Trinajstić information content (AvgIpc) is 3.03. The Kier molecular flexibility index (Phi) is 6.70. The van der Waals surface area contributed by atoms with Gasteiger partial charge in [-0.25, -0.2) is 4.79 Å². The molecule has 3 rings (SSSR count). The summed E-state index contributed by atoms with van der Waals surface area (Å²) in [6.07, 6.45) is -0.222. The summed E-state index contributed by atoms with van der Waals surface area (Å²) in [5.74, 6) is 1.54. The van der Waals surface area contributed by atoms with Crippen molar-refractivity contribution in [3.63, 3.8) is 0 Å². The zero-order chi connectivity index (χ0) is 20.3. The van der Waals surface area contributed by atoms with Gasteiger partial charge in [0.05, 0.1) is 25.8 Å². The van der Waals surface area contributed by atoms with Crippen LogP contribution in [0.2, 0.25) is 0 Å². The molecule has 3 aliphatic rings. The summed E-state index contributed by atoms with van der Waals surface area (Å²) in [5, 5.41) is 3.60. The first-order chi connectivity index (χ1) is 13.2. The number of nitrogens with one attached hydrogen (secondary N) is 1. The van der Waals surface area contributed by atoms with Gasteiger partial charge in [-0.3, -0.25) is 9.89 Å². The molecule has 3 aliphatic heterocycles. The van der Waals surface area contributed by atoms with Crippen LogP contribution in [0, 0.1) is 5.92 Å². The van der Waals surface area contributed by atoms with Crippen LogP contribution in [-0.4, -0.2) is 103 Å². The van der Waals surface area contributed by atoms with E-state index in [1.807, 2.05) is 25.7 Å². The number of piperazine rings is 1. The molecule has 2 saturated heterocycles. The van der Waals surface area contributed by atoms with Crippen LogP contribution in [0.4, 0.5) is 4.79 Å². The third-order valence-electron chi connectivity index (χ3n) is 5.61. The number of carbonyl (C=O) groups is 1. The van der Waals surface area contributed by atoms with Gasteiger partial charge in [0.15, 0.2) is 5.96 Å². The quantitative estimate of drug-likeness (QED) is 0.772. The van der Waals surface area contributed by atoms with Gasteiger partial charge in [-0.1, -0.05) is 13.8 Å². The summed E-state index contributed by atoms with van der Waals surface area (Å²) >= 11 is 0. The van der Waals surface area contributed by atoms with Gasteiger partial charge >= 0.3 is 6.09 Å². The van der Waals surface area contributed by atoms with E-state index in [4.69, 9.17) is 14.5 Å². The molecule has 0 aromatic carbocycles. The molecule has 28 heavy (non-hydrogen) atoms. The van der Waals surface area contributed by atoms with Crippen LogP contribution in [0.5, 0.6) is 0 Å². The summed E-state index contributed by atoms with van der Waals surface area (Å²) in [7, 11) is 0. The largest absolute Gasteiger partial charge is 0.444 e. The number of nitrogens with zero attached hydrogens (tertiary/aromatic N) is 4. The maximum atomic E-state index is 12.4. The maximum absolute atomic E-state index is 12.4. The lowest BCUT2D eigenvalue weighted by Crippen LogP contribution is -2.59. The first-order valence-corrected chi connectivity index (χ1v) is 10.6. The zero-order valence-electron chi connectivity index (χ0n) is 18.1. The van der Waals surface area contributed by atoms with Crippen LogP contribution in [0.15, 0.2) is 4.99 Å². The Morgan fingerprint density at radius 3 is 2.61 bits per heavy atom. The number of ether oxygens (including phenoxy) is 2. The molecule has 0 saturated carbocycles. The Labute approximate surface area is 169 Å². The molecule has 2 atom stereocenters. The molecule has 1 amide bonds. The highest BCUT2D eigenvalue weighted by Crippen LogP contribution is 2.19. The molecule has 0 radical (unpaired) electrons. The van der Waals surface area contributed by atoms with Crippen LogP contribution in [0.3, 0.4) is 0 Å². The van der Waals surface area contributed by atoms with Crippen molar-refractivity contribution in [1.82, 2.24) is 20.0 Å². The van der Waals surface area contributed by atoms with E-state index in [1.54, 1.807) is 0 Å². The molecular formula is C20H37N5O3. The van der Waals surface area contributed by atoms with Crippen molar-refractivity contribution in [2.75, 3.05) is 59.0 Å². The number of amides is 1. The lowest BCUT2D eigenvalue weighted by Gasteiger charge is -2.40. The van der Waals surface area contributed by atoms with E-state index in [0.29, 0.717) is 25.0 Å². The van der Waals surface area contributed by atoms with Crippen molar-refractivity contribution in [3.8, 4) is 0 Å². The average molecular weight is 396 g/mol. The summed E-state index contributed by atoms with van der Waals surface area (Å²) in [4.78, 5) is 23.8. The fourth-order valence-electron chi connectivity index (χ4n) is 4.11. The van der Waals surface area contributed by atoms with Gasteiger partial charge < -0.3 is 24.6 Å². The van der Waals surface area contributed by atoms with E-state index >= 15 is 0 Å². The number of rotatable bonds is 4. The van der Waals surface area contributed by atoms with Gasteiger partial charge in [0, 0.05) is 45.3 Å². The Hall–Kier alpha value is -1.54. The molecule has 0 aromatic heterocycles. The summed E-state index contributed by atoms with van der Waals surface area (Å²) in [5.41, 5.74) is -0.460. The molecule has 160 valence electrons. The highest BCUT2D eigenvalue weighted by Gasteiger charge is 2.36. The molecule has 0 spiro atoms. The van der Waals surface area contributed by atoms with E-state index in [1.165, 1.54) is 0 Å². The smallest absolute Gasteiger partial charge is 0.410 e. The molecule has 0 aromatic rings. The van der Waals surface area contributed by atoms with Crippen LogP contribution in [0.25, 0.3) is 0 Å². The fraction of sp³-hybridized carbons (Fsp3) is 0.900. The van der Waals surface area contributed by atoms with Gasteiger partial charge in [-0.05, 0) is 26.7 Å². The third kappa shape index (κ3) is 5.29. The van der Waals surface area contributed by atoms with Crippen molar-refractivity contribution >= 4 is 12.1 Å². The van der Waals surface area contributed by atoms with Gasteiger partial charge in [-0.2, -0.15) is 0 Å². The second-order valence-electron chi connectivity index (χ2n) is 9.28. The molecule has 2 unspecified atom stereocenters. The molecule has 0 bridgehead atoms. The first-order valence-electron chi connectivity index (χ1n) is 10.6. The van der Waals surface area contributed by atoms with Crippen LogP contribution in [-0.2, 0) is 9.47 Å². The number of hydrogen-bond donors (Lipinski definition) is 1. The van der Waals surface area contributed by atoms with E-state index in [0.717, 1.165) is 51.9 Å². The fourth-order valence-corrected chi connectivity index (χ4v) is 4.11. The number of fused-ring (bicyclic) bond motifs is 1. The van der Waals surface area contributed by atoms with Crippen LogP contribution < -0.4 is 5.32 Å². The van der Waals surface area contributed by atoms with Crippen LogP contribution in [0.1, 0.15) is 34.6 Å². The van der Waals surface area contributed by atoms with Crippen LogP contribution >= 0.6 is 0 Å². The number of carbonyl (C=O) groups excluding carboxylic acids is 1. The minimum absolute atomic E-state index is 0.222. The molecule has 1 N–H and O–H groups in total. The Morgan fingerprint density at radius 2 is 1.96 bits per heavy atom. The SMILES string of the molecule is CC(C)C(CNC1=NCC2CN(C(=O)OC(C)(C)C)CCN12)N1CCOCC1. The zero-order valence-corrected chi connectivity index (χ0v) is 18.1. The number of aliphatic imine (C=N–C) groups is 1. The molecule has 0 aliphatic carbocycles. The standard InChI is InChI=1S/C20H37N5O3/c1-15(2)17(23-8-10-27-11-9-23)13-22-18-21-12-16-14-24(6-7-25(16)18)19(26)28-20(3,4)5/h15-17H,6-14H2,1-5H3,(H,21,22). The molecule has 3 heterocycles. The minimum Gasteiger partial charge on any atom is -0.444 e. The first kappa shape index (κ1) is 21.2. The van der Waals surface area contributed by atoms with E-state index in [9.17, 15) is 4.79 Å². The number of guanidine groups is 1. The highest BCUT2D eigenvalue weighted by atomic mass is 16.6. The second-order valence-corrected chi connectivity index (χ2v) is 9.28.